The highest BCUT2D eigenvalue weighted by atomic mass is 35.5. The van der Waals surface area contributed by atoms with Crippen molar-refractivity contribution in [1.82, 2.24) is 4.98 Å². The molecule has 0 aliphatic carbocycles. The van der Waals surface area contributed by atoms with Crippen LogP contribution in [0.5, 0.6) is 0 Å². The molecule has 1 heterocycles. The normalized spacial score (nSPS) is 11.8. The number of rotatable bonds is 1. The summed E-state index contributed by atoms with van der Waals surface area (Å²) in [5, 5.41) is 9.49. The molecule has 0 aromatic carbocycles. The molecule has 0 aliphatic heterocycles. The van der Waals surface area contributed by atoms with Crippen molar-refractivity contribution in [2.45, 2.75) is 19.4 Å². The van der Waals surface area contributed by atoms with E-state index in [1.165, 1.54) is 26.1 Å². The lowest BCUT2D eigenvalue weighted by molar-refractivity contribution is 0.0742. The Balaban J connectivity index is 3.31. The van der Waals surface area contributed by atoms with Crippen LogP contribution in [0.4, 0.5) is 4.39 Å². The van der Waals surface area contributed by atoms with Crippen LogP contribution in [0.1, 0.15) is 19.4 Å². The molecule has 2 nitrogen and oxygen atoms in total. The van der Waals surface area contributed by atoms with Gasteiger partial charge in [-0.15, -0.1) is 0 Å². The van der Waals surface area contributed by atoms with E-state index < -0.39 is 11.4 Å². The molecule has 1 rings (SSSR count). The lowest BCUT2D eigenvalue weighted by atomic mass is 10.0. The highest BCUT2D eigenvalue weighted by Crippen LogP contribution is 2.27. The molecule has 0 spiro atoms. The first kappa shape index (κ1) is 9.42. The molecule has 12 heavy (non-hydrogen) atoms. The number of aromatic nitrogens is 1. The minimum Gasteiger partial charge on any atom is -0.386 e. The van der Waals surface area contributed by atoms with E-state index in [0.29, 0.717) is 0 Å². The van der Waals surface area contributed by atoms with Gasteiger partial charge in [-0.2, -0.15) is 0 Å². The number of nitrogens with zero attached hydrogens (tertiary/aromatic N) is 1. The fraction of sp³-hybridized carbons (Fsp3) is 0.375. The van der Waals surface area contributed by atoms with Crippen molar-refractivity contribution in [3.05, 3.63) is 28.8 Å². The van der Waals surface area contributed by atoms with E-state index in [1.54, 1.807) is 0 Å². The maximum absolute atomic E-state index is 13.1. The lowest BCUT2D eigenvalue weighted by Gasteiger charge is -2.18. The van der Waals surface area contributed by atoms with E-state index in [0.717, 1.165) is 0 Å². The lowest BCUT2D eigenvalue weighted by Crippen LogP contribution is -2.18. The van der Waals surface area contributed by atoms with Gasteiger partial charge in [0.2, 0.25) is 0 Å². The summed E-state index contributed by atoms with van der Waals surface area (Å²) in [4.78, 5) is 3.67. The maximum atomic E-state index is 13.1. The fourth-order valence-electron chi connectivity index (χ4n) is 0.959. The van der Waals surface area contributed by atoms with Crippen LogP contribution in [0.25, 0.3) is 0 Å². The second-order valence-corrected chi connectivity index (χ2v) is 3.38. The fourth-order valence-corrected chi connectivity index (χ4v) is 1.34. The van der Waals surface area contributed by atoms with Crippen LogP contribution >= 0.6 is 11.6 Å². The minimum absolute atomic E-state index is 0.00231. The standard InChI is InChI=1S/C8H9ClFNO/c1-8(2,12)6-5(10)3-4-11-7(6)9/h3-4,12H,1-2H3. The van der Waals surface area contributed by atoms with Crippen molar-refractivity contribution in [2.24, 2.45) is 0 Å². The van der Waals surface area contributed by atoms with E-state index in [2.05, 4.69) is 4.98 Å². The van der Waals surface area contributed by atoms with Crippen molar-refractivity contribution in [3.63, 3.8) is 0 Å². The van der Waals surface area contributed by atoms with Crippen LogP contribution < -0.4 is 0 Å². The molecule has 1 aromatic heterocycles. The molecule has 0 bridgehead atoms. The molecule has 4 heteroatoms. The van der Waals surface area contributed by atoms with Gasteiger partial charge in [-0.25, -0.2) is 9.37 Å². The third-order valence-electron chi connectivity index (χ3n) is 1.47. The van der Waals surface area contributed by atoms with E-state index in [1.807, 2.05) is 0 Å². The highest BCUT2D eigenvalue weighted by molar-refractivity contribution is 6.30. The Labute approximate surface area is 75.0 Å². The summed E-state index contributed by atoms with van der Waals surface area (Å²) in [6, 6.07) is 1.17. The molecule has 0 aliphatic rings. The van der Waals surface area contributed by atoms with Crippen LogP contribution in [0.3, 0.4) is 0 Å². The van der Waals surface area contributed by atoms with E-state index in [-0.39, 0.29) is 10.7 Å². The molecule has 66 valence electrons. The van der Waals surface area contributed by atoms with Gasteiger partial charge in [-0.05, 0) is 19.9 Å². The molecule has 0 radical (unpaired) electrons. The summed E-state index contributed by atoms with van der Waals surface area (Å²) in [6.45, 7) is 2.91. The van der Waals surface area contributed by atoms with Crippen molar-refractivity contribution in [3.8, 4) is 0 Å². The Morgan fingerprint density at radius 3 is 2.50 bits per heavy atom. The van der Waals surface area contributed by atoms with Crippen LogP contribution in [-0.2, 0) is 5.60 Å². The molecule has 0 atom stereocenters. The first-order valence-electron chi connectivity index (χ1n) is 3.46. The van der Waals surface area contributed by atoms with Crippen molar-refractivity contribution in [2.75, 3.05) is 0 Å². The maximum Gasteiger partial charge on any atom is 0.138 e. The Kier molecular flexibility index (Phi) is 2.35. The summed E-state index contributed by atoms with van der Waals surface area (Å²) >= 11 is 5.60. The van der Waals surface area contributed by atoms with Gasteiger partial charge in [0.25, 0.3) is 0 Å². The molecular formula is C8H9ClFNO. The Morgan fingerprint density at radius 1 is 1.58 bits per heavy atom. The highest BCUT2D eigenvalue weighted by Gasteiger charge is 2.24. The third kappa shape index (κ3) is 1.73. The van der Waals surface area contributed by atoms with Crippen molar-refractivity contribution >= 4 is 11.6 Å². The van der Waals surface area contributed by atoms with Crippen molar-refractivity contribution < 1.29 is 9.50 Å². The number of hydrogen-bond donors (Lipinski definition) is 1. The molecule has 0 amide bonds. The average Bonchev–Trinajstić information content (AvgIpc) is 1.82. The van der Waals surface area contributed by atoms with Crippen LogP contribution in [-0.4, -0.2) is 10.1 Å². The summed E-state index contributed by atoms with van der Waals surface area (Å²) in [6.07, 6.45) is 1.26. The van der Waals surface area contributed by atoms with Gasteiger partial charge >= 0.3 is 0 Å². The van der Waals surface area contributed by atoms with Gasteiger partial charge in [0.05, 0.1) is 11.2 Å². The number of pyridine rings is 1. The van der Waals surface area contributed by atoms with Crippen LogP contribution in [0.2, 0.25) is 5.15 Å². The predicted octanol–water partition coefficient (Wildman–Crippen LogP) is 2.10. The number of halogens is 2. The summed E-state index contributed by atoms with van der Waals surface area (Å²) in [7, 11) is 0. The second-order valence-electron chi connectivity index (χ2n) is 3.02. The molecule has 0 fully saturated rings. The minimum atomic E-state index is -1.30. The van der Waals surface area contributed by atoms with Gasteiger partial charge in [0.15, 0.2) is 0 Å². The molecule has 0 saturated heterocycles. The first-order valence-corrected chi connectivity index (χ1v) is 3.83. The largest absolute Gasteiger partial charge is 0.386 e. The summed E-state index contributed by atoms with van der Waals surface area (Å²) < 4.78 is 13.1. The zero-order valence-corrected chi connectivity index (χ0v) is 7.56. The molecule has 0 unspecified atom stereocenters. The SMILES string of the molecule is CC(C)(O)c1c(F)ccnc1Cl. The zero-order valence-electron chi connectivity index (χ0n) is 6.81. The Hall–Kier alpha value is -0.670. The van der Waals surface area contributed by atoms with E-state index in [9.17, 15) is 9.50 Å². The van der Waals surface area contributed by atoms with Gasteiger partial charge in [-0.3, -0.25) is 0 Å². The molecular weight excluding hydrogens is 181 g/mol. The smallest absolute Gasteiger partial charge is 0.138 e. The summed E-state index contributed by atoms with van der Waals surface area (Å²) in [5.74, 6) is -0.539. The topological polar surface area (TPSA) is 33.1 Å². The van der Waals surface area contributed by atoms with Crippen molar-refractivity contribution in [1.29, 1.82) is 0 Å². The third-order valence-corrected chi connectivity index (χ3v) is 1.75. The van der Waals surface area contributed by atoms with Crippen LogP contribution in [0, 0.1) is 5.82 Å². The van der Waals surface area contributed by atoms with E-state index in [4.69, 9.17) is 11.6 Å². The Morgan fingerprint density at radius 2 is 2.17 bits per heavy atom. The van der Waals surface area contributed by atoms with Gasteiger partial charge in [0.1, 0.15) is 11.0 Å². The Bertz CT molecular complexity index is 275. The zero-order chi connectivity index (χ0) is 9.35. The average molecular weight is 190 g/mol. The molecule has 0 saturated carbocycles. The summed E-state index contributed by atoms with van der Waals surface area (Å²) in [5.41, 5.74) is -1.26. The number of aliphatic hydroxyl groups is 1. The first-order chi connectivity index (χ1) is 5.43. The quantitative estimate of drug-likeness (QED) is 0.687. The van der Waals surface area contributed by atoms with Crippen LogP contribution in [0.15, 0.2) is 12.3 Å². The van der Waals surface area contributed by atoms with Gasteiger partial charge < -0.3 is 5.11 Å². The van der Waals surface area contributed by atoms with E-state index >= 15 is 0 Å². The van der Waals surface area contributed by atoms with Gasteiger partial charge in [-0.1, -0.05) is 11.6 Å². The monoisotopic (exact) mass is 189 g/mol. The predicted molar refractivity (Wildman–Crippen MR) is 44.4 cm³/mol. The molecule has 1 N–H and O–H groups in total. The molecule has 1 aromatic rings. The van der Waals surface area contributed by atoms with Gasteiger partial charge in [0, 0.05) is 6.20 Å². The number of hydrogen-bond acceptors (Lipinski definition) is 2. The second kappa shape index (κ2) is 2.99.